The fourth-order valence-corrected chi connectivity index (χ4v) is 3.04. The molecule has 3 aromatic rings. The number of hydrogen-bond acceptors (Lipinski definition) is 3. The zero-order chi connectivity index (χ0) is 16.2. The van der Waals surface area contributed by atoms with E-state index in [2.05, 4.69) is 15.1 Å². The maximum atomic E-state index is 12.6. The molecule has 1 aliphatic rings. The summed E-state index contributed by atoms with van der Waals surface area (Å²) in [6, 6.07) is 4.28. The Labute approximate surface area is 133 Å². The zero-order valence-electron chi connectivity index (χ0n) is 11.6. The van der Waals surface area contributed by atoms with E-state index in [1.807, 2.05) is 0 Å². The van der Waals surface area contributed by atoms with Crippen LogP contribution in [0.2, 0.25) is 5.15 Å². The fraction of sp³-hybridized carbons (Fsp3) is 0.267. The van der Waals surface area contributed by atoms with Crippen LogP contribution in [0.5, 0.6) is 0 Å². The van der Waals surface area contributed by atoms with Gasteiger partial charge in [-0.1, -0.05) is 11.6 Å². The number of fused-ring (bicyclic) bond motifs is 1. The standard InChI is InChI=1S/C15H10ClF3N4/c16-13-6-11(14-20-3-4-23(14)22-13)9-5-10(9)12-2-1-8(7-21-12)15(17,18)19/h1-4,6-7,9-10H,5H2/t9-,10-/m0/s1. The van der Waals surface area contributed by atoms with Crippen LogP contribution >= 0.6 is 11.6 Å². The molecule has 23 heavy (non-hydrogen) atoms. The Bertz CT molecular complexity index is 873. The molecule has 1 saturated carbocycles. The van der Waals surface area contributed by atoms with E-state index in [0.29, 0.717) is 16.5 Å². The molecule has 2 atom stereocenters. The lowest BCUT2D eigenvalue weighted by molar-refractivity contribution is -0.137. The Morgan fingerprint density at radius 1 is 1.17 bits per heavy atom. The van der Waals surface area contributed by atoms with Crippen LogP contribution in [0.15, 0.2) is 36.8 Å². The molecule has 0 saturated heterocycles. The number of pyridine rings is 1. The second kappa shape index (κ2) is 4.92. The normalized spacial score (nSPS) is 20.9. The van der Waals surface area contributed by atoms with E-state index >= 15 is 0 Å². The molecule has 0 aliphatic heterocycles. The van der Waals surface area contributed by atoms with Gasteiger partial charge in [-0.15, -0.1) is 0 Å². The molecule has 0 N–H and O–H groups in total. The van der Waals surface area contributed by atoms with Crippen molar-refractivity contribution in [1.29, 1.82) is 0 Å². The van der Waals surface area contributed by atoms with Gasteiger partial charge in [0.05, 0.1) is 5.56 Å². The van der Waals surface area contributed by atoms with Gasteiger partial charge in [0.2, 0.25) is 0 Å². The van der Waals surface area contributed by atoms with E-state index in [1.54, 1.807) is 23.0 Å². The van der Waals surface area contributed by atoms with Crippen molar-refractivity contribution in [1.82, 2.24) is 19.6 Å². The lowest BCUT2D eigenvalue weighted by Gasteiger charge is -2.07. The largest absolute Gasteiger partial charge is 0.417 e. The highest BCUT2D eigenvalue weighted by atomic mass is 35.5. The predicted octanol–water partition coefficient (Wildman–Crippen LogP) is 4.07. The average Bonchev–Trinajstić information content (AvgIpc) is 3.16. The summed E-state index contributed by atoms with van der Waals surface area (Å²) in [5, 5.41) is 4.48. The highest BCUT2D eigenvalue weighted by molar-refractivity contribution is 6.29. The third kappa shape index (κ3) is 2.55. The first kappa shape index (κ1) is 14.4. The van der Waals surface area contributed by atoms with Gasteiger partial charge in [0.15, 0.2) is 5.65 Å². The number of nitrogens with zero attached hydrogens (tertiary/aromatic N) is 4. The van der Waals surface area contributed by atoms with Gasteiger partial charge in [0.25, 0.3) is 0 Å². The Morgan fingerprint density at radius 2 is 2.00 bits per heavy atom. The molecule has 4 rings (SSSR count). The van der Waals surface area contributed by atoms with Gasteiger partial charge in [-0.3, -0.25) is 4.98 Å². The van der Waals surface area contributed by atoms with Gasteiger partial charge in [0.1, 0.15) is 5.15 Å². The predicted molar refractivity (Wildman–Crippen MR) is 77.3 cm³/mol. The molecule has 1 fully saturated rings. The smallest absolute Gasteiger partial charge is 0.260 e. The summed E-state index contributed by atoms with van der Waals surface area (Å²) in [7, 11) is 0. The SMILES string of the molecule is FC(F)(F)c1ccc([C@H]2C[C@@H]2c2cc(Cl)nn3ccnc23)nc1. The van der Waals surface area contributed by atoms with Crippen LogP contribution in [0.25, 0.3) is 5.65 Å². The van der Waals surface area contributed by atoms with E-state index < -0.39 is 11.7 Å². The molecule has 4 nitrogen and oxygen atoms in total. The number of rotatable bonds is 2. The van der Waals surface area contributed by atoms with E-state index in [-0.39, 0.29) is 11.8 Å². The van der Waals surface area contributed by atoms with Crippen LogP contribution in [0.1, 0.15) is 35.1 Å². The van der Waals surface area contributed by atoms with Crippen LogP contribution in [-0.4, -0.2) is 19.6 Å². The lowest BCUT2D eigenvalue weighted by atomic mass is 10.1. The Balaban J connectivity index is 1.63. The molecule has 118 valence electrons. The third-order valence-electron chi connectivity index (χ3n) is 4.04. The number of imidazole rings is 1. The van der Waals surface area contributed by atoms with Crippen molar-refractivity contribution in [3.8, 4) is 0 Å². The van der Waals surface area contributed by atoms with Crippen LogP contribution in [-0.2, 0) is 6.18 Å². The maximum absolute atomic E-state index is 12.6. The zero-order valence-corrected chi connectivity index (χ0v) is 12.4. The highest BCUT2D eigenvalue weighted by Gasteiger charge is 2.42. The van der Waals surface area contributed by atoms with Crippen molar-refractivity contribution in [2.75, 3.05) is 0 Å². The van der Waals surface area contributed by atoms with Crippen molar-refractivity contribution >= 4 is 17.2 Å². The summed E-state index contributed by atoms with van der Waals surface area (Å²) >= 11 is 6.02. The van der Waals surface area contributed by atoms with Gasteiger partial charge in [-0.2, -0.15) is 18.3 Å². The van der Waals surface area contributed by atoms with Gasteiger partial charge in [-0.25, -0.2) is 9.50 Å². The average molecular weight is 339 g/mol. The summed E-state index contributed by atoms with van der Waals surface area (Å²) in [5.41, 5.74) is 1.58. The van der Waals surface area contributed by atoms with E-state index in [4.69, 9.17) is 11.6 Å². The van der Waals surface area contributed by atoms with Crippen molar-refractivity contribution in [3.05, 3.63) is 58.8 Å². The first-order chi connectivity index (χ1) is 10.9. The monoisotopic (exact) mass is 338 g/mol. The Morgan fingerprint density at radius 3 is 2.70 bits per heavy atom. The molecule has 0 radical (unpaired) electrons. The van der Waals surface area contributed by atoms with Gasteiger partial charge in [-0.05, 0) is 30.5 Å². The molecule has 0 aromatic carbocycles. The minimum absolute atomic E-state index is 0.0799. The topological polar surface area (TPSA) is 43.1 Å². The summed E-state index contributed by atoms with van der Waals surface area (Å²) in [4.78, 5) is 8.25. The molecule has 0 unspecified atom stereocenters. The molecule has 3 aromatic heterocycles. The first-order valence-electron chi connectivity index (χ1n) is 6.96. The molecule has 0 amide bonds. The van der Waals surface area contributed by atoms with Crippen molar-refractivity contribution in [2.24, 2.45) is 0 Å². The number of halogens is 4. The van der Waals surface area contributed by atoms with E-state index in [0.717, 1.165) is 24.2 Å². The molecule has 8 heteroatoms. The van der Waals surface area contributed by atoms with Crippen molar-refractivity contribution in [2.45, 2.75) is 24.4 Å². The second-order valence-corrected chi connectivity index (χ2v) is 5.92. The van der Waals surface area contributed by atoms with Gasteiger partial charge < -0.3 is 0 Å². The Hall–Kier alpha value is -2.15. The van der Waals surface area contributed by atoms with Gasteiger partial charge >= 0.3 is 6.18 Å². The summed E-state index contributed by atoms with van der Waals surface area (Å²) in [5.74, 6) is 0.223. The summed E-state index contributed by atoms with van der Waals surface area (Å²) in [6.45, 7) is 0. The molecule has 3 heterocycles. The molecule has 1 aliphatic carbocycles. The van der Waals surface area contributed by atoms with Crippen LogP contribution < -0.4 is 0 Å². The second-order valence-electron chi connectivity index (χ2n) is 5.54. The third-order valence-corrected chi connectivity index (χ3v) is 4.23. The Kier molecular flexibility index (Phi) is 3.09. The van der Waals surface area contributed by atoms with Crippen LogP contribution in [0.3, 0.4) is 0 Å². The molecule has 0 spiro atoms. The van der Waals surface area contributed by atoms with E-state index in [9.17, 15) is 13.2 Å². The lowest BCUT2D eigenvalue weighted by Crippen LogP contribution is -2.05. The maximum Gasteiger partial charge on any atom is 0.417 e. The first-order valence-corrected chi connectivity index (χ1v) is 7.34. The molecular weight excluding hydrogens is 329 g/mol. The quantitative estimate of drug-likeness (QED) is 0.707. The number of alkyl halides is 3. The molecule has 0 bridgehead atoms. The minimum Gasteiger partial charge on any atom is -0.260 e. The summed E-state index contributed by atoms with van der Waals surface area (Å²) < 4.78 is 39.4. The fourth-order valence-electron chi connectivity index (χ4n) is 2.84. The minimum atomic E-state index is -4.37. The van der Waals surface area contributed by atoms with Crippen molar-refractivity contribution in [3.63, 3.8) is 0 Å². The highest BCUT2D eigenvalue weighted by Crippen LogP contribution is 2.55. The van der Waals surface area contributed by atoms with E-state index in [1.165, 1.54) is 6.07 Å². The van der Waals surface area contributed by atoms with Gasteiger partial charge in [0, 0.05) is 35.8 Å². The van der Waals surface area contributed by atoms with Crippen molar-refractivity contribution < 1.29 is 13.2 Å². The van der Waals surface area contributed by atoms with Crippen LogP contribution in [0.4, 0.5) is 13.2 Å². The summed E-state index contributed by atoms with van der Waals surface area (Å²) in [6.07, 6.45) is 0.667. The molecular formula is C15H10ClF3N4. The number of aromatic nitrogens is 4. The van der Waals surface area contributed by atoms with Crippen LogP contribution in [0, 0.1) is 0 Å². The number of hydrogen-bond donors (Lipinski definition) is 0.